The molecule has 1 saturated heterocycles. The zero-order valence-electron chi connectivity index (χ0n) is 14.9. The van der Waals surface area contributed by atoms with Gasteiger partial charge in [0, 0.05) is 49.3 Å². The third-order valence-corrected chi connectivity index (χ3v) is 5.47. The zero-order valence-corrected chi connectivity index (χ0v) is 16.5. The molecule has 0 spiro atoms. The minimum absolute atomic E-state index is 0.314. The molecule has 1 aliphatic heterocycles. The predicted octanol–water partition coefficient (Wildman–Crippen LogP) is 2.82. The topological polar surface area (TPSA) is 111 Å². The molecule has 0 aromatic carbocycles. The molecule has 4 rings (SSSR count). The summed E-state index contributed by atoms with van der Waals surface area (Å²) in [6.07, 6.45) is 2.58. The molecule has 1 aliphatic rings. The number of nitrogens with two attached hydrogens (primary N) is 1. The van der Waals surface area contributed by atoms with E-state index in [9.17, 15) is 4.79 Å². The lowest BCUT2D eigenvalue weighted by Crippen LogP contribution is -2.26. The van der Waals surface area contributed by atoms with Gasteiger partial charge in [-0.2, -0.15) is 0 Å². The van der Waals surface area contributed by atoms with Crippen LogP contribution in [0.2, 0.25) is 0 Å². The van der Waals surface area contributed by atoms with Crippen molar-refractivity contribution in [3.8, 4) is 0 Å². The van der Waals surface area contributed by atoms with Crippen molar-refractivity contribution in [2.75, 3.05) is 23.7 Å². The summed E-state index contributed by atoms with van der Waals surface area (Å²) in [7, 11) is 0. The summed E-state index contributed by atoms with van der Waals surface area (Å²) >= 11 is 3.59. The molecule has 2 N–H and O–H groups in total. The van der Waals surface area contributed by atoms with Gasteiger partial charge in [-0.25, -0.2) is 14.6 Å². The smallest absolute Gasteiger partial charge is 0.226 e. The Morgan fingerprint density at radius 3 is 2.93 bits per heavy atom. The number of aryl methyl sites for hydroxylation is 1. The van der Waals surface area contributed by atoms with E-state index in [1.807, 2.05) is 19.1 Å². The standard InChI is InChI=1S/C18H19BrN6O2/c1-10-13(15(20)16-17(21-10)24-27-23-16)9-11-4-5-14(19)18(22-11)25-7-2-3-12(26)6-8-25/h4-5H,2-3,6-9,20H2,1H3. The highest BCUT2D eigenvalue weighted by molar-refractivity contribution is 9.10. The van der Waals surface area contributed by atoms with E-state index in [1.165, 1.54) is 0 Å². The highest BCUT2D eigenvalue weighted by Crippen LogP contribution is 2.29. The molecule has 0 atom stereocenters. The van der Waals surface area contributed by atoms with Crippen molar-refractivity contribution in [1.29, 1.82) is 0 Å². The van der Waals surface area contributed by atoms with Crippen LogP contribution >= 0.6 is 15.9 Å². The van der Waals surface area contributed by atoms with Crippen LogP contribution in [0.25, 0.3) is 11.2 Å². The number of aromatic nitrogens is 4. The van der Waals surface area contributed by atoms with Gasteiger partial charge in [-0.15, -0.1) is 0 Å². The van der Waals surface area contributed by atoms with Crippen LogP contribution in [0, 0.1) is 6.92 Å². The van der Waals surface area contributed by atoms with Gasteiger partial charge >= 0.3 is 0 Å². The molecule has 0 amide bonds. The third-order valence-electron chi connectivity index (χ3n) is 4.85. The maximum absolute atomic E-state index is 11.7. The molecule has 0 aliphatic carbocycles. The molecule has 0 bridgehead atoms. The van der Waals surface area contributed by atoms with Crippen molar-refractivity contribution in [2.45, 2.75) is 32.6 Å². The summed E-state index contributed by atoms with van der Waals surface area (Å²) in [6.45, 7) is 3.40. The fourth-order valence-electron chi connectivity index (χ4n) is 3.36. The van der Waals surface area contributed by atoms with Crippen LogP contribution in [0.4, 0.5) is 11.5 Å². The number of nitrogens with zero attached hydrogens (tertiary/aromatic N) is 5. The number of hydrogen-bond donors (Lipinski definition) is 1. The van der Waals surface area contributed by atoms with E-state index >= 15 is 0 Å². The van der Waals surface area contributed by atoms with E-state index in [2.05, 4.69) is 36.1 Å². The zero-order chi connectivity index (χ0) is 19.0. The van der Waals surface area contributed by atoms with Crippen LogP contribution in [0.15, 0.2) is 21.2 Å². The molecule has 27 heavy (non-hydrogen) atoms. The van der Waals surface area contributed by atoms with E-state index in [1.54, 1.807) is 0 Å². The average Bonchev–Trinajstić information content (AvgIpc) is 3.01. The fourth-order valence-corrected chi connectivity index (χ4v) is 3.83. The molecular formula is C18H19BrN6O2. The SMILES string of the molecule is Cc1nc2nonc2c(N)c1Cc1ccc(Br)c(N2CCCC(=O)CC2)n1. The Bertz CT molecular complexity index is 1020. The van der Waals surface area contributed by atoms with Crippen molar-refractivity contribution in [2.24, 2.45) is 0 Å². The van der Waals surface area contributed by atoms with E-state index in [0.717, 1.165) is 40.2 Å². The summed E-state index contributed by atoms with van der Waals surface area (Å²) in [5, 5.41) is 7.60. The Kier molecular flexibility index (Phi) is 4.77. The van der Waals surface area contributed by atoms with Crippen LogP contribution in [-0.2, 0) is 11.2 Å². The van der Waals surface area contributed by atoms with Gasteiger partial charge in [0.15, 0.2) is 5.52 Å². The first-order valence-corrected chi connectivity index (χ1v) is 9.61. The monoisotopic (exact) mass is 430 g/mol. The van der Waals surface area contributed by atoms with Gasteiger partial charge in [0.1, 0.15) is 11.6 Å². The number of nitrogen functional groups attached to an aromatic ring is 1. The van der Waals surface area contributed by atoms with Crippen molar-refractivity contribution in [1.82, 2.24) is 20.3 Å². The first-order chi connectivity index (χ1) is 13.0. The number of carbonyl (C=O) groups excluding carboxylic acids is 1. The minimum Gasteiger partial charge on any atom is -0.396 e. The number of Topliss-reactive ketones (excluding diaryl/α,β-unsaturated/α-hetero) is 1. The second kappa shape index (κ2) is 7.22. The molecule has 0 saturated carbocycles. The first-order valence-electron chi connectivity index (χ1n) is 8.82. The molecule has 140 valence electrons. The van der Waals surface area contributed by atoms with E-state index in [4.69, 9.17) is 15.3 Å². The van der Waals surface area contributed by atoms with Crippen molar-refractivity contribution >= 4 is 44.4 Å². The Balaban J connectivity index is 1.66. The molecule has 9 heteroatoms. The number of fused-ring (bicyclic) bond motifs is 1. The van der Waals surface area contributed by atoms with Gasteiger partial charge in [0.05, 0.1) is 10.2 Å². The normalized spacial score (nSPS) is 15.3. The number of ketones is 1. The van der Waals surface area contributed by atoms with Crippen LogP contribution < -0.4 is 10.6 Å². The van der Waals surface area contributed by atoms with Gasteiger partial charge in [-0.05, 0) is 51.7 Å². The van der Waals surface area contributed by atoms with Crippen LogP contribution in [0.5, 0.6) is 0 Å². The molecule has 0 radical (unpaired) electrons. The molecule has 4 heterocycles. The minimum atomic E-state index is 0.314. The average molecular weight is 431 g/mol. The summed E-state index contributed by atoms with van der Waals surface area (Å²) < 4.78 is 5.66. The molecule has 3 aromatic heterocycles. The largest absolute Gasteiger partial charge is 0.396 e. The Morgan fingerprint density at radius 1 is 1.22 bits per heavy atom. The second-order valence-electron chi connectivity index (χ2n) is 6.69. The Labute approximate surface area is 164 Å². The lowest BCUT2D eigenvalue weighted by Gasteiger charge is -2.23. The Morgan fingerprint density at radius 2 is 2.07 bits per heavy atom. The number of anilines is 2. The Hall–Kier alpha value is -2.55. The summed E-state index contributed by atoms with van der Waals surface area (Å²) in [6, 6.07) is 3.94. The summed E-state index contributed by atoms with van der Waals surface area (Å²) in [5.74, 6) is 1.17. The lowest BCUT2D eigenvalue weighted by molar-refractivity contribution is -0.118. The van der Waals surface area contributed by atoms with Crippen LogP contribution in [-0.4, -0.2) is 39.2 Å². The molecular weight excluding hydrogens is 412 g/mol. The summed E-state index contributed by atoms with van der Waals surface area (Å²) in [4.78, 5) is 23.1. The lowest BCUT2D eigenvalue weighted by atomic mass is 10.1. The molecule has 8 nitrogen and oxygen atoms in total. The van der Waals surface area contributed by atoms with Gasteiger partial charge in [0.25, 0.3) is 0 Å². The third kappa shape index (κ3) is 3.51. The number of halogens is 1. The number of pyridine rings is 2. The quantitative estimate of drug-likeness (QED) is 0.674. The molecule has 1 fully saturated rings. The van der Waals surface area contributed by atoms with Gasteiger partial charge in [-0.3, -0.25) is 4.79 Å². The maximum atomic E-state index is 11.7. The fraction of sp³-hybridized carbons (Fsp3) is 0.389. The highest BCUT2D eigenvalue weighted by Gasteiger charge is 2.19. The van der Waals surface area contributed by atoms with Crippen molar-refractivity contribution in [3.63, 3.8) is 0 Å². The van der Waals surface area contributed by atoms with E-state index in [-0.39, 0.29) is 0 Å². The maximum Gasteiger partial charge on any atom is 0.226 e. The first kappa shape index (κ1) is 17.8. The van der Waals surface area contributed by atoms with Gasteiger partial charge in [0.2, 0.25) is 5.65 Å². The second-order valence-corrected chi connectivity index (χ2v) is 7.54. The predicted molar refractivity (Wildman–Crippen MR) is 105 cm³/mol. The summed E-state index contributed by atoms with van der Waals surface area (Å²) in [5.41, 5.74) is 10.2. The van der Waals surface area contributed by atoms with Crippen molar-refractivity contribution in [3.05, 3.63) is 33.6 Å². The number of hydrogen-bond acceptors (Lipinski definition) is 8. The van der Waals surface area contributed by atoms with E-state index in [0.29, 0.717) is 48.4 Å². The van der Waals surface area contributed by atoms with Crippen LogP contribution in [0.1, 0.15) is 36.2 Å². The van der Waals surface area contributed by atoms with Crippen molar-refractivity contribution < 1.29 is 9.42 Å². The molecule has 0 unspecified atom stereocenters. The highest BCUT2D eigenvalue weighted by atomic mass is 79.9. The van der Waals surface area contributed by atoms with Crippen LogP contribution in [0.3, 0.4) is 0 Å². The molecule has 3 aromatic rings. The van der Waals surface area contributed by atoms with Gasteiger partial charge in [-0.1, -0.05) is 0 Å². The number of carbonyl (C=O) groups is 1. The van der Waals surface area contributed by atoms with Gasteiger partial charge < -0.3 is 10.6 Å². The number of rotatable bonds is 3. The van der Waals surface area contributed by atoms with E-state index < -0.39 is 0 Å².